The maximum Gasteiger partial charge on any atom is 0.416 e. The van der Waals surface area contributed by atoms with Crippen molar-refractivity contribution in [1.29, 1.82) is 0 Å². The summed E-state index contributed by atoms with van der Waals surface area (Å²) >= 11 is 0. The van der Waals surface area contributed by atoms with Crippen molar-refractivity contribution in [3.63, 3.8) is 0 Å². The molecular weight excluding hydrogens is 569 g/mol. The summed E-state index contributed by atoms with van der Waals surface area (Å²) in [5, 5.41) is 7.31. The van der Waals surface area contributed by atoms with Gasteiger partial charge in [0.25, 0.3) is 0 Å². The van der Waals surface area contributed by atoms with E-state index >= 15 is 0 Å². The normalized spacial score (nSPS) is 14.6. The topological polar surface area (TPSA) is 59.4 Å². The summed E-state index contributed by atoms with van der Waals surface area (Å²) < 4.78 is 40.6. The van der Waals surface area contributed by atoms with Crippen LogP contribution in [0.4, 0.5) is 13.2 Å². The van der Waals surface area contributed by atoms with E-state index < -0.39 is 11.7 Å². The highest BCUT2D eigenvalue weighted by molar-refractivity contribution is 5.84. The molecule has 220 valence electrons. The molecule has 6 aromatic rings. The number of benzene rings is 3. The minimum atomic E-state index is -4.42. The van der Waals surface area contributed by atoms with E-state index in [1.807, 2.05) is 60.7 Å². The Bertz CT molecular complexity index is 2330. The Kier molecular flexibility index (Phi) is 6.27. The van der Waals surface area contributed by atoms with E-state index in [1.165, 1.54) is 12.1 Å². The molecule has 2 aliphatic heterocycles. The molecule has 3 aromatic heterocycles. The molecule has 0 radical (unpaired) electrons. The lowest BCUT2D eigenvalue weighted by Gasteiger charge is -2.11. The number of H-pyrrole nitrogens is 3. The first-order valence-corrected chi connectivity index (χ1v) is 14.7. The van der Waals surface area contributed by atoms with E-state index in [2.05, 4.69) is 62.7 Å². The number of nitrogens with one attached hydrogen (secondary N) is 4. The number of halogens is 3. The van der Waals surface area contributed by atoms with Gasteiger partial charge in [0.05, 0.1) is 10.9 Å². The predicted octanol–water partition coefficient (Wildman–Crippen LogP) is 5.38. The largest absolute Gasteiger partial charge is 0.416 e. The minimum absolute atomic E-state index is 0.660. The Hall–Kier alpha value is -5.69. The van der Waals surface area contributed by atoms with Crippen LogP contribution in [0.1, 0.15) is 40.1 Å². The van der Waals surface area contributed by atoms with Gasteiger partial charge in [0.2, 0.25) is 0 Å². The van der Waals surface area contributed by atoms with Crippen LogP contribution < -0.4 is 26.7 Å². The van der Waals surface area contributed by atoms with Gasteiger partial charge in [-0.3, -0.25) is 0 Å². The van der Waals surface area contributed by atoms with Crippen molar-refractivity contribution in [1.82, 2.24) is 20.3 Å². The average molecular weight is 597 g/mol. The zero-order valence-corrected chi connectivity index (χ0v) is 24.0. The average Bonchev–Trinajstić information content (AvgIpc) is 3.88. The molecule has 5 heterocycles. The number of hydrogen-bond acceptors (Lipinski definition) is 1. The van der Waals surface area contributed by atoms with Crippen molar-refractivity contribution in [3.05, 3.63) is 188 Å². The summed E-state index contributed by atoms with van der Waals surface area (Å²) in [6.07, 6.45) is -1.49. The third kappa shape index (κ3) is 4.83. The standard InChI is InChI=1S/C38H27F3N4/c39-38(40,41)26-13-11-25(12-14-26)37-33-21-19-31(44-33)35(23-7-3-1-4-8-23)29-17-15-27(42-29)28-16-18-30(43-28)36(24-9-5-2-6-10-24)32-20-22-34(37)45-32/h1-15,17-22,42-45H,16H2. The van der Waals surface area contributed by atoms with Crippen molar-refractivity contribution in [2.45, 2.75) is 12.6 Å². The molecule has 0 aliphatic carbocycles. The Labute approximate surface area is 256 Å². The molecule has 0 amide bonds. The van der Waals surface area contributed by atoms with Gasteiger partial charge < -0.3 is 20.3 Å². The molecule has 0 saturated heterocycles. The fourth-order valence-corrected chi connectivity index (χ4v) is 6.30. The van der Waals surface area contributed by atoms with Crippen LogP contribution in [0.3, 0.4) is 0 Å². The third-order valence-electron chi connectivity index (χ3n) is 8.42. The SMILES string of the molecule is FC(F)(F)c1ccc(C2=c3ccc([nH]3)=C(c3ccccc3)C3=CCC(=c4ccc([nH]4)=C(c4ccccc4)c4ccc2[nH]4)N3)cc1. The van der Waals surface area contributed by atoms with Crippen LogP contribution in [0.5, 0.6) is 0 Å². The maximum absolute atomic E-state index is 13.5. The molecule has 0 unspecified atom stereocenters. The van der Waals surface area contributed by atoms with Gasteiger partial charge in [0.15, 0.2) is 0 Å². The highest BCUT2D eigenvalue weighted by Crippen LogP contribution is 2.31. The number of rotatable bonds is 3. The number of allylic oxidation sites excluding steroid dienone is 1. The van der Waals surface area contributed by atoms with Crippen molar-refractivity contribution >= 4 is 22.4 Å². The van der Waals surface area contributed by atoms with Crippen molar-refractivity contribution in [3.8, 4) is 0 Å². The van der Waals surface area contributed by atoms with Gasteiger partial charge in [0, 0.05) is 62.0 Å². The van der Waals surface area contributed by atoms with Gasteiger partial charge in [-0.2, -0.15) is 13.2 Å². The van der Waals surface area contributed by atoms with Crippen LogP contribution in [-0.2, 0) is 6.18 Å². The first-order chi connectivity index (χ1) is 21.9. The second-order valence-corrected chi connectivity index (χ2v) is 11.2. The molecule has 45 heavy (non-hydrogen) atoms. The zero-order chi connectivity index (χ0) is 30.5. The Balaban J connectivity index is 1.46. The van der Waals surface area contributed by atoms with Crippen molar-refractivity contribution in [2.24, 2.45) is 0 Å². The van der Waals surface area contributed by atoms with E-state index in [-0.39, 0.29) is 0 Å². The molecule has 8 bridgehead atoms. The Morgan fingerprint density at radius 1 is 0.467 bits per heavy atom. The molecule has 0 spiro atoms. The predicted molar refractivity (Wildman–Crippen MR) is 170 cm³/mol. The van der Waals surface area contributed by atoms with Crippen LogP contribution in [0.15, 0.2) is 133 Å². The van der Waals surface area contributed by atoms with Gasteiger partial charge in [0.1, 0.15) is 0 Å². The van der Waals surface area contributed by atoms with Gasteiger partial charge in [-0.15, -0.1) is 0 Å². The summed E-state index contributed by atoms with van der Waals surface area (Å²) in [6, 6.07) is 37.9. The molecule has 7 heteroatoms. The van der Waals surface area contributed by atoms with Crippen LogP contribution in [0.2, 0.25) is 0 Å². The second kappa shape index (κ2) is 10.5. The van der Waals surface area contributed by atoms with Gasteiger partial charge in [-0.25, -0.2) is 0 Å². The summed E-state index contributed by atoms with van der Waals surface area (Å²) in [5.74, 6) is 0. The number of aromatic nitrogens is 3. The lowest BCUT2D eigenvalue weighted by Crippen LogP contribution is -2.23. The third-order valence-corrected chi connectivity index (χ3v) is 8.42. The molecule has 8 rings (SSSR count). The van der Waals surface area contributed by atoms with Gasteiger partial charge in [-0.05, 0) is 65.2 Å². The van der Waals surface area contributed by atoms with E-state index in [4.69, 9.17) is 0 Å². The van der Waals surface area contributed by atoms with E-state index in [0.717, 1.165) is 90.6 Å². The molecule has 0 saturated carbocycles. The van der Waals surface area contributed by atoms with Gasteiger partial charge in [-0.1, -0.05) is 78.9 Å². The highest BCUT2D eigenvalue weighted by atomic mass is 19.4. The maximum atomic E-state index is 13.5. The van der Waals surface area contributed by atoms with Crippen molar-refractivity contribution < 1.29 is 13.2 Å². The Morgan fingerprint density at radius 3 is 1.53 bits per heavy atom. The first-order valence-electron chi connectivity index (χ1n) is 14.7. The molecule has 4 N–H and O–H groups in total. The van der Waals surface area contributed by atoms with Gasteiger partial charge >= 0.3 is 6.18 Å². The zero-order valence-electron chi connectivity index (χ0n) is 24.0. The molecule has 2 aliphatic rings. The summed E-state index contributed by atoms with van der Waals surface area (Å²) in [5.41, 5.74) is 8.54. The Morgan fingerprint density at radius 2 is 0.956 bits per heavy atom. The number of aromatic amines is 3. The lowest BCUT2D eigenvalue weighted by atomic mass is 10.0. The number of hydrogen-bond donors (Lipinski definition) is 4. The second-order valence-electron chi connectivity index (χ2n) is 11.2. The smallest absolute Gasteiger partial charge is 0.357 e. The summed E-state index contributed by atoms with van der Waals surface area (Å²) in [4.78, 5) is 10.9. The van der Waals surface area contributed by atoms with Crippen LogP contribution in [0, 0.1) is 0 Å². The lowest BCUT2D eigenvalue weighted by molar-refractivity contribution is -0.137. The highest BCUT2D eigenvalue weighted by Gasteiger charge is 2.30. The van der Waals surface area contributed by atoms with E-state index in [0.29, 0.717) is 5.56 Å². The fraction of sp³-hybridized carbons (Fsp3) is 0.0526. The molecular formula is C38H27F3N4. The number of fused-ring (bicyclic) bond motifs is 8. The molecule has 3 aromatic carbocycles. The van der Waals surface area contributed by atoms with Crippen molar-refractivity contribution in [2.75, 3.05) is 0 Å². The van der Waals surface area contributed by atoms with Crippen LogP contribution >= 0.6 is 0 Å². The van der Waals surface area contributed by atoms with Crippen LogP contribution in [0.25, 0.3) is 22.4 Å². The molecule has 0 atom stereocenters. The minimum Gasteiger partial charge on any atom is -0.357 e. The quantitative estimate of drug-likeness (QED) is 0.218. The van der Waals surface area contributed by atoms with Crippen LogP contribution in [-0.4, -0.2) is 15.0 Å². The van der Waals surface area contributed by atoms with E-state index in [9.17, 15) is 13.2 Å². The van der Waals surface area contributed by atoms with E-state index in [1.54, 1.807) is 0 Å². The molecule has 0 fully saturated rings. The summed E-state index contributed by atoms with van der Waals surface area (Å²) in [7, 11) is 0. The monoisotopic (exact) mass is 596 g/mol. The summed E-state index contributed by atoms with van der Waals surface area (Å²) in [6.45, 7) is 0. The number of alkyl halides is 3. The fourth-order valence-electron chi connectivity index (χ4n) is 6.30. The molecule has 4 nitrogen and oxygen atoms in total. The first kappa shape index (κ1) is 26.9.